The molecule has 0 saturated heterocycles. The van der Waals surface area contributed by atoms with Crippen molar-refractivity contribution in [3.8, 4) is 22.6 Å². The van der Waals surface area contributed by atoms with Crippen molar-refractivity contribution in [2.75, 3.05) is 27.8 Å². The number of hydrogen-bond acceptors (Lipinski definition) is 6. The predicted molar refractivity (Wildman–Crippen MR) is 136 cm³/mol. The van der Waals surface area contributed by atoms with Gasteiger partial charge in [0.15, 0.2) is 13.6 Å². The minimum atomic E-state index is -1.20. The van der Waals surface area contributed by atoms with Crippen molar-refractivity contribution >= 4 is 35.1 Å². The number of amides is 1. The highest BCUT2D eigenvalue weighted by molar-refractivity contribution is 6.39. The molecule has 1 amide bonds. The van der Waals surface area contributed by atoms with E-state index in [1.54, 1.807) is 36.4 Å². The van der Waals surface area contributed by atoms with Gasteiger partial charge in [0.05, 0.1) is 21.2 Å². The van der Waals surface area contributed by atoms with Crippen LogP contribution in [0.1, 0.15) is 15.9 Å². The molecule has 3 aromatic carbocycles. The Morgan fingerprint density at radius 1 is 0.861 bits per heavy atom. The molecule has 0 bridgehead atoms. The van der Waals surface area contributed by atoms with Gasteiger partial charge in [0.25, 0.3) is 5.91 Å². The van der Waals surface area contributed by atoms with Crippen LogP contribution in [0.25, 0.3) is 11.1 Å². The Morgan fingerprint density at radius 2 is 1.39 bits per heavy atom. The number of benzene rings is 3. The number of carbonyl (C=O) groups is 2. The maximum atomic E-state index is 12.7. The van der Waals surface area contributed by atoms with Crippen LogP contribution in [0.2, 0.25) is 10.0 Å². The Morgan fingerprint density at radius 3 is 1.89 bits per heavy atom. The third-order valence-corrected chi connectivity index (χ3v) is 5.76. The lowest BCUT2D eigenvalue weighted by Crippen LogP contribution is -2.42. The summed E-state index contributed by atoms with van der Waals surface area (Å²) in [6.07, 6.45) is 0.0400. The van der Waals surface area contributed by atoms with E-state index in [0.717, 1.165) is 5.56 Å². The molecule has 0 fully saturated rings. The molecular formula is C26H25Cl2NO7. The normalized spacial score (nSPS) is 11.6. The predicted octanol–water partition coefficient (Wildman–Crippen LogP) is 5.05. The molecule has 8 nitrogen and oxygen atoms in total. The van der Waals surface area contributed by atoms with Crippen molar-refractivity contribution in [1.29, 1.82) is 0 Å². The molecule has 0 aliphatic rings. The first kappa shape index (κ1) is 27.3. The summed E-state index contributed by atoms with van der Waals surface area (Å²) in [6.45, 7) is 0.0997. The van der Waals surface area contributed by atoms with Crippen LogP contribution in [0.3, 0.4) is 0 Å². The van der Waals surface area contributed by atoms with E-state index >= 15 is 0 Å². The minimum Gasteiger partial charge on any atom is -0.480 e. The molecule has 1 atom stereocenters. The molecule has 0 saturated carbocycles. The molecule has 0 aromatic heterocycles. The van der Waals surface area contributed by atoms with E-state index < -0.39 is 17.9 Å². The summed E-state index contributed by atoms with van der Waals surface area (Å²) in [7, 11) is 3.05. The Balaban J connectivity index is 1.83. The molecule has 36 heavy (non-hydrogen) atoms. The topological polar surface area (TPSA) is 103 Å². The van der Waals surface area contributed by atoms with E-state index in [9.17, 15) is 14.7 Å². The molecule has 3 rings (SSSR count). The van der Waals surface area contributed by atoms with Gasteiger partial charge in [-0.3, -0.25) is 4.79 Å². The lowest BCUT2D eigenvalue weighted by molar-refractivity contribution is -0.139. The first-order valence-electron chi connectivity index (χ1n) is 10.8. The maximum Gasteiger partial charge on any atom is 0.326 e. The molecule has 0 spiro atoms. The summed E-state index contributed by atoms with van der Waals surface area (Å²) in [5.74, 6) is -0.765. The zero-order chi connectivity index (χ0) is 26.1. The fourth-order valence-corrected chi connectivity index (χ4v) is 4.04. The van der Waals surface area contributed by atoms with Crippen LogP contribution >= 0.6 is 23.2 Å². The number of ether oxygens (including phenoxy) is 4. The second-order valence-electron chi connectivity index (χ2n) is 7.59. The highest BCUT2D eigenvalue weighted by Crippen LogP contribution is 2.38. The van der Waals surface area contributed by atoms with Gasteiger partial charge < -0.3 is 29.4 Å². The standard InChI is InChI=1S/C26H25Cl2NO7/c1-33-14-35-21-7-4-8-22(36-15-34-2)23(21)17-11-9-16(10-12-17)13-20(26(31)32)29-25(30)24-18(27)5-3-6-19(24)28/h3-12,20H,13-15H2,1-2H3,(H,29,30)(H,31,32)/t20-/m0/s1. The minimum absolute atomic E-state index is 0.0266. The summed E-state index contributed by atoms with van der Waals surface area (Å²) in [6, 6.07) is 16.0. The molecule has 0 radical (unpaired) electrons. The fourth-order valence-electron chi connectivity index (χ4n) is 3.47. The fraction of sp³-hybridized carbons (Fsp3) is 0.231. The van der Waals surface area contributed by atoms with E-state index in [0.29, 0.717) is 22.6 Å². The van der Waals surface area contributed by atoms with Gasteiger partial charge >= 0.3 is 5.97 Å². The molecule has 190 valence electrons. The number of rotatable bonds is 12. The van der Waals surface area contributed by atoms with Crippen LogP contribution in [0, 0.1) is 0 Å². The number of halogens is 2. The Labute approximate surface area is 218 Å². The van der Waals surface area contributed by atoms with Gasteiger partial charge in [-0.25, -0.2) is 4.79 Å². The molecule has 0 unspecified atom stereocenters. The molecular weight excluding hydrogens is 509 g/mol. The summed E-state index contributed by atoms with van der Waals surface area (Å²) < 4.78 is 21.5. The quantitative estimate of drug-likeness (QED) is 0.314. The van der Waals surface area contributed by atoms with E-state index in [-0.39, 0.29) is 35.6 Å². The number of carbonyl (C=O) groups excluding carboxylic acids is 1. The third-order valence-electron chi connectivity index (χ3n) is 5.13. The van der Waals surface area contributed by atoms with Crippen LogP contribution in [-0.2, 0) is 20.7 Å². The van der Waals surface area contributed by atoms with Gasteiger partial charge in [-0.2, -0.15) is 0 Å². The lowest BCUT2D eigenvalue weighted by Gasteiger charge is -2.17. The van der Waals surface area contributed by atoms with Crippen molar-refractivity contribution < 1.29 is 33.6 Å². The second kappa shape index (κ2) is 13.1. The van der Waals surface area contributed by atoms with Crippen molar-refractivity contribution in [3.05, 3.63) is 81.8 Å². The van der Waals surface area contributed by atoms with Crippen molar-refractivity contribution in [1.82, 2.24) is 5.32 Å². The number of hydrogen-bond donors (Lipinski definition) is 2. The van der Waals surface area contributed by atoms with Crippen molar-refractivity contribution in [3.63, 3.8) is 0 Å². The van der Waals surface area contributed by atoms with E-state index in [1.807, 2.05) is 12.1 Å². The zero-order valence-corrected chi connectivity index (χ0v) is 21.1. The van der Waals surface area contributed by atoms with Crippen LogP contribution in [0.4, 0.5) is 0 Å². The molecule has 10 heteroatoms. The van der Waals surface area contributed by atoms with Gasteiger partial charge in [-0.1, -0.05) is 59.6 Å². The number of nitrogens with one attached hydrogen (secondary N) is 1. The van der Waals surface area contributed by atoms with Crippen molar-refractivity contribution in [2.24, 2.45) is 0 Å². The summed E-state index contributed by atoms with van der Waals surface area (Å²) in [5, 5.41) is 12.5. The SMILES string of the molecule is COCOc1cccc(OCOC)c1-c1ccc(C[C@H](NC(=O)c2c(Cl)cccc2Cl)C(=O)O)cc1. The highest BCUT2D eigenvalue weighted by atomic mass is 35.5. The largest absolute Gasteiger partial charge is 0.480 e. The number of carboxylic acid groups (broad SMARTS) is 1. The van der Waals surface area contributed by atoms with Crippen LogP contribution in [-0.4, -0.2) is 50.8 Å². The zero-order valence-electron chi connectivity index (χ0n) is 19.6. The van der Waals surface area contributed by atoms with Crippen LogP contribution in [0.15, 0.2) is 60.7 Å². The third kappa shape index (κ3) is 6.89. The van der Waals surface area contributed by atoms with Gasteiger partial charge in [-0.15, -0.1) is 0 Å². The lowest BCUT2D eigenvalue weighted by atomic mass is 9.99. The smallest absolute Gasteiger partial charge is 0.326 e. The van der Waals surface area contributed by atoms with Gasteiger partial charge in [0.2, 0.25) is 0 Å². The Kier molecular flexibility index (Phi) is 9.95. The van der Waals surface area contributed by atoms with E-state index in [2.05, 4.69) is 5.32 Å². The van der Waals surface area contributed by atoms with Crippen LogP contribution < -0.4 is 14.8 Å². The van der Waals surface area contributed by atoms with Gasteiger partial charge in [-0.05, 0) is 35.4 Å². The summed E-state index contributed by atoms with van der Waals surface area (Å²) in [4.78, 5) is 24.6. The first-order chi connectivity index (χ1) is 17.3. The monoisotopic (exact) mass is 533 g/mol. The Hall–Kier alpha value is -3.30. The van der Waals surface area contributed by atoms with Crippen molar-refractivity contribution in [2.45, 2.75) is 12.5 Å². The molecule has 3 aromatic rings. The second-order valence-corrected chi connectivity index (χ2v) is 8.41. The number of methoxy groups -OCH3 is 2. The molecule has 0 aliphatic heterocycles. The Bertz CT molecular complexity index is 1150. The van der Waals surface area contributed by atoms with Crippen LogP contribution in [0.5, 0.6) is 11.5 Å². The number of aliphatic carboxylic acids is 1. The van der Waals surface area contributed by atoms with Gasteiger partial charge in [0, 0.05) is 20.6 Å². The summed E-state index contributed by atoms with van der Waals surface area (Å²) in [5.41, 5.74) is 2.18. The van der Waals surface area contributed by atoms with E-state index in [4.69, 9.17) is 42.1 Å². The molecule has 0 heterocycles. The summed E-state index contributed by atoms with van der Waals surface area (Å²) >= 11 is 12.2. The average molecular weight is 534 g/mol. The molecule has 0 aliphatic carbocycles. The molecule has 2 N–H and O–H groups in total. The first-order valence-corrected chi connectivity index (χ1v) is 11.5. The highest BCUT2D eigenvalue weighted by Gasteiger charge is 2.24. The average Bonchev–Trinajstić information content (AvgIpc) is 2.86. The van der Waals surface area contributed by atoms with Gasteiger partial charge in [0.1, 0.15) is 17.5 Å². The number of carboxylic acids is 1. The van der Waals surface area contributed by atoms with E-state index in [1.165, 1.54) is 26.4 Å². The maximum absolute atomic E-state index is 12.7.